The first-order valence-electron chi connectivity index (χ1n) is 9.81. The van der Waals surface area contributed by atoms with Crippen LogP contribution in [0.25, 0.3) is 0 Å². The maximum atomic E-state index is 11.8. The first-order valence-corrected chi connectivity index (χ1v) is 9.81. The van der Waals surface area contributed by atoms with Gasteiger partial charge in [0, 0.05) is 18.8 Å². The fourth-order valence-electron chi connectivity index (χ4n) is 6.86. The van der Waals surface area contributed by atoms with Gasteiger partial charge in [-0.1, -0.05) is 18.4 Å². The first-order chi connectivity index (χ1) is 11.9. The lowest BCUT2D eigenvalue weighted by molar-refractivity contribution is -0.167. The molecule has 0 saturated heterocycles. The van der Waals surface area contributed by atoms with Crippen LogP contribution in [-0.4, -0.2) is 17.4 Å². The van der Waals surface area contributed by atoms with Gasteiger partial charge in [0.15, 0.2) is 11.4 Å². The second kappa shape index (κ2) is 5.73. The smallest absolute Gasteiger partial charge is 0.304 e. The molecule has 4 aliphatic carbocycles. The van der Waals surface area contributed by atoms with Crippen LogP contribution in [0.4, 0.5) is 0 Å². The van der Waals surface area contributed by atoms with E-state index in [0.717, 1.165) is 44.9 Å². The Morgan fingerprint density at radius 2 is 2.00 bits per heavy atom. The van der Waals surface area contributed by atoms with Crippen LogP contribution in [0.5, 0.6) is 0 Å². The molecule has 0 spiro atoms. The summed E-state index contributed by atoms with van der Waals surface area (Å²) in [6.45, 7) is 3.73. The lowest BCUT2D eigenvalue weighted by Gasteiger charge is -2.55. The molecule has 3 heteroatoms. The van der Waals surface area contributed by atoms with E-state index in [0.29, 0.717) is 35.9 Å². The minimum atomic E-state index is -0.729. The number of hydrogen-bond acceptors (Lipinski definition) is 3. The zero-order chi connectivity index (χ0) is 17.8. The van der Waals surface area contributed by atoms with E-state index in [1.54, 1.807) is 0 Å². The molecular formula is C22H28O3. The third-order valence-electron chi connectivity index (χ3n) is 7.97. The molecule has 0 bridgehead atoms. The highest BCUT2D eigenvalue weighted by Crippen LogP contribution is 2.65. The van der Waals surface area contributed by atoms with Gasteiger partial charge in [-0.2, -0.15) is 0 Å². The van der Waals surface area contributed by atoms with Crippen LogP contribution in [0.2, 0.25) is 0 Å². The van der Waals surface area contributed by atoms with Gasteiger partial charge in [0.25, 0.3) is 0 Å². The van der Waals surface area contributed by atoms with E-state index in [1.807, 2.05) is 6.08 Å². The van der Waals surface area contributed by atoms with Gasteiger partial charge in [0.1, 0.15) is 0 Å². The molecule has 134 valence electrons. The molecule has 0 amide bonds. The minimum Gasteiger partial charge on any atom is -0.445 e. The number of carbonyl (C=O) groups excluding carboxylic acids is 2. The molecule has 0 radical (unpaired) electrons. The van der Waals surface area contributed by atoms with Crippen molar-refractivity contribution >= 4 is 11.8 Å². The highest BCUT2D eigenvalue weighted by molar-refractivity contribution is 5.91. The van der Waals surface area contributed by atoms with Crippen molar-refractivity contribution in [2.24, 2.45) is 29.1 Å². The van der Waals surface area contributed by atoms with Gasteiger partial charge in [-0.05, 0) is 74.7 Å². The molecular weight excluding hydrogens is 312 g/mol. The van der Waals surface area contributed by atoms with Crippen molar-refractivity contribution in [1.82, 2.24) is 0 Å². The molecule has 0 aromatic rings. The zero-order valence-electron chi connectivity index (χ0n) is 15.3. The van der Waals surface area contributed by atoms with Crippen LogP contribution in [0.15, 0.2) is 11.6 Å². The molecule has 3 fully saturated rings. The van der Waals surface area contributed by atoms with E-state index in [4.69, 9.17) is 11.2 Å². The number of rotatable bonds is 1. The Balaban J connectivity index is 1.64. The largest absolute Gasteiger partial charge is 0.445 e. The standard InChI is InChI=1S/C22H28O3/c1-4-22(25-14(2)23)12-10-20-19-7-5-15-13-16(24)6-8-17(15)18(19)9-11-21(20,22)3/h1,13,17-20H,5-12H2,2-3H3/t17?,18?,19?,20?,21?,22-/m0/s1. The SMILES string of the molecule is C#C[C@]1(OC(C)=O)CCC2C3CCC4=CC(=O)CCC4C3CCC21C. The fourth-order valence-corrected chi connectivity index (χ4v) is 6.86. The monoisotopic (exact) mass is 340 g/mol. The summed E-state index contributed by atoms with van der Waals surface area (Å²) in [4.78, 5) is 23.5. The summed E-state index contributed by atoms with van der Waals surface area (Å²) in [6.07, 6.45) is 15.8. The van der Waals surface area contributed by atoms with Crippen LogP contribution < -0.4 is 0 Å². The number of allylic oxidation sites excluding steroid dienone is 1. The summed E-state index contributed by atoms with van der Waals surface area (Å²) in [5.41, 5.74) is 0.565. The lowest BCUT2D eigenvalue weighted by atomic mass is 9.50. The summed E-state index contributed by atoms with van der Waals surface area (Å²) in [5.74, 6) is 5.41. The average molecular weight is 340 g/mol. The molecule has 0 aromatic heterocycles. The molecule has 0 aromatic carbocycles. The highest BCUT2D eigenvalue weighted by Gasteiger charge is 2.64. The van der Waals surface area contributed by atoms with Crippen molar-refractivity contribution < 1.29 is 14.3 Å². The van der Waals surface area contributed by atoms with Gasteiger partial charge in [-0.15, -0.1) is 6.42 Å². The Morgan fingerprint density at radius 1 is 1.20 bits per heavy atom. The van der Waals surface area contributed by atoms with Crippen molar-refractivity contribution in [2.75, 3.05) is 0 Å². The lowest BCUT2D eigenvalue weighted by Crippen LogP contribution is -2.53. The molecule has 0 aliphatic heterocycles. The van der Waals surface area contributed by atoms with E-state index >= 15 is 0 Å². The van der Waals surface area contributed by atoms with Crippen molar-refractivity contribution in [3.63, 3.8) is 0 Å². The van der Waals surface area contributed by atoms with Crippen molar-refractivity contribution in [3.8, 4) is 12.3 Å². The number of ketones is 1. The Morgan fingerprint density at radius 3 is 2.72 bits per heavy atom. The summed E-state index contributed by atoms with van der Waals surface area (Å²) in [6, 6.07) is 0. The maximum absolute atomic E-state index is 11.8. The van der Waals surface area contributed by atoms with Gasteiger partial charge in [-0.3, -0.25) is 9.59 Å². The Labute approximate surface area is 150 Å². The van der Waals surface area contributed by atoms with E-state index in [1.165, 1.54) is 12.5 Å². The fraction of sp³-hybridized carbons (Fsp3) is 0.727. The minimum absolute atomic E-state index is 0.111. The van der Waals surface area contributed by atoms with Crippen molar-refractivity contribution in [1.29, 1.82) is 0 Å². The summed E-state index contributed by atoms with van der Waals surface area (Å²) < 4.78 is 5.79. The van der Waals surface area contributed by atoms with Crippen LogP contribution in [0, 0.1) is 41.4 Å². The van der Waals surface area contributed by atoms with Gasteiger partial charge < -0.3 is 4.74 Å². The Hall–Kier alpha value is -1.56. The Bertz CT molecular complexity index is 684. The van der Waals surface area contributed by atoms with Crippen molar-refractivity contribution in [3.05, 3.63) is 11.6 Å². The Kier molecular flexibility index (Phi) is 3.87. The normalized spacial score (nSPS) is 45.5. The van der Waals surface area contributed by atoms with Crippen molar-refractivity contribution in [2.45, 2.75) is 70.8 Å². The maximum Gasteiger partial charge on any atom is 0.304 e. The third kappa shape index (κ3) is 2.33. The van der Waals surface area contributed by atoms with Gasteiger partial charge in [0.2, 0.25) is 0 Å². The number of carbonyl (C=O) groups is 2. The van der Waals surface area contributed by atoms with Gasteiger partial charge in [0.05, 0.1) is 0 Å². The molecule has 0 heterocycles. The van der Waals surface area contributed by atoms with Gasteiger partial charge >= 0.3 is 5.97 Å². The predicted molar refractivity (Wildman–Crippen MR) is 95.4 cm³/mol. The number of terminal acetylenes is 1. The van der Waals surface area contributed by atoms with E-state index in [2.05, 4.69) is 12.8 Å². The summed E-state index contributed by atoms with van der Waals surface area (Å²) in [5, 5.41) is 0. The zero-order valence-corrected chi connectivity index (χ0v) is 15.3. The predicted octanol–water partition coefficient (Wildman–Crippen LogP) is 4.06. The van der Waals surface area contributed by atoms with E-state index < -0.39 is 5.60 Å². The molecule has 0 N–H and O–H groups in total. The van der Waals surface area contributed by atoms with Crippen LogP contribution >= 0.6 is 0 Å². The third-order valence-corrected chi connectivity index (χ3v) is 7.97. The topological polar surface area (TPSA) is 43.4 Å². The number of ether oxygens (including phenoxy) is 1. The van der Waals surface area contributed by atoms with E-state index in [-0.39, 0.29) is 11.4 Å². The van der Waals surface area contributed by atoms with Crippen LogP contribution in [0.1, 0.15) is 65.2 Å². The van der Waals surface area contributed by atoms with Gasteiger partial charge in [-0.25, -0.2) is 0 Å². The van der Waals surface area contributed by atoms with Crippen LogP contribution in [-0.2, 0) is 14.3 Å². The molecule has 3 saturated carbocycles. The number of hydrogen-bond donors (Lipinski definition) is 0. The average Bonchev–Trinajstić information content (AvgIpc) is 2.87. The van der Waals surface area contributed by atoms with E-state index in [9.17, 15) is 9.59 Å². The first kappa shape index (κ1) is 16.9. The molecule has 6 atom stereocenters. The second-order valence-electron chi connectivity index (χ2n) is 8.86. The quantitative estimate of drug-likeness (QED) is 0.534. The molecule has 25 heavy (non-hydrogen) atoms. The molecule has 4 rings (SSSR count). The number of fused-ring (bicyclic) bond motifs is 5. The molecule has 5 unspecified atom stereocenters. The van der Waals surface area contributed by atoms with Crippen LogP contribution in [0.3, 0.4) is 0 Å². The number of esters is 1. The summed E-state index contributed by atoms with van der Waals surface area (Å²) in [7, 11) is 0. The second-order valence-corrected chi connectivity index (χ2v) is 8.86. The summed E-state index contributed by atoms with van der Waals surface area (Å²) >= 11 is 0. The highest BCUT2D eigenvalue weighted by atomic mass is 16.6. The molecule has 4 aliphatic rings. The molecule has 3 nitrogen and oxygen atoms in total.